The molecule has 1 atom stereocenters. The van der Waals surface area contributed by atoms with E-state index >= 15 is 0 Å². The van der Waals surface area contributed by atoms with Crippen molar-refractivity contribution >= 4 is 29.3 Å². The van der Waals surface area contributed by atoms with E-state index in [1.54, 1.807) is 18.2 Å². The number of amides is 1. The lowest BCUT2D eigenvalue weighted by Crippen LogP contribution is -2.22. The van der Waals surface area contributed by atoms with Crippen LogP contribution in [-0.4, -0.2) is 26.3 Å². The van der Waals surface area contributed by atoms with Gasteiger partial charge in [0.25, 0.3) is 0 Å². The van der Waals surface area contributed by atoms with Gasteiger partial charge in [0.05, 0.1) is 0 Å². The largest absolute Gasteiger partial charge is 0.439 e. The van der Waals surface area contributed by atoms with E-state index in [1.807, 2.05) is 0 Å². The number of aromatic nitrogens is 4. The number of primary amides is 1. The predicted octanol–water partition coefficient (Wildman–Crippen LogP) is 1.82. The molecule has 100 valence electrons. The normalized spacial score (nSPS) is 12.1. The van der Waals surface area contributed by atoms with Gasteiger partial charge in [0.2, 0.25) is 0 Å². The number of hydrogen-bond acceptors (Lipinski definition) is 5. The quantitative estimate of drug-likeness (QED) is 0.929. The van der Waals surface area contributed by atoms with Crippen LogP contribution in [0.3, 0.4) is 0 Å². The van der Waals surface area contributed by atoms with Gasteiger partial charge in [-0.15, -0.1) is 10.2 Å². The highest BCUT2D eigenvalue weighted by molar-refractivity contribution is 6.36. The van der Waals surface area contributed by atoms with Crippen molar-refractivity contribution in [2.75, 3.05) is 0 Å². The number of carbonyl (C=O) groups excluding carboxylic acids is 1. The first-order chi connectivity index (χ1) is 9.08. The predicted molar refractivity (Wildman–Crippen MR) is 67.7 cm³/mol. The van der Waals surface area contributed by atoms with Crippen LogP contribution in [0.4, 0.5) is 4.79 Å². The molecule has 0 radical (unpaired) electrons. The van der Waals surface area contributed by atoms with Crippen LogP contribution < -0.4 is 5.73 Å². The summed E-state index contributed by atoms with van der Waals surface area (Å²) < 4.78 is 5.01. The van der Waals surface area contributed by atoms with Gasteiger partial charge in [-0.3, -0.25) is 0 Å². The number of benzene rings is 1. The lowest BCUT2D eigenvalue weighted by molar-refractivity contribution is 0.0902. The molecule has 0 fully saturated rings. The van der Waals surface area contributed by atoms with Crippen LogP contribution in [0.5, 0.6) is 0 Å². The monoisotopic (exact) mass is 301 g/mol. The Labute approximate surface area is 118 Å². The van der Waals surface area contributed by atoms with Crippen molar-refractivity contribution in [2.45, 2.75) is 12.6 Å². The van der Waals surface area contributed by atoms with Crippen molar-refractivity contribution in [2.24, 2.45) is 5.73 Å². The highest BCUT2D eigenvalue weighted by Gasteiger charge is 2.22. The van der Waals surface area contributed by atoms with Gasteiger partial charge in [-0.25, -0.2) is 4.79 Å². The van der Waals surface area contributed by atoms with Crippen LogP contribution in [0.1, 0.15) is 11.7 Å². The molecule has 2 N–H and O–H groups in total. The average Bonchev–Trinajstić information content (AvgIpc) is 2.80. The Morgan fingerprint density at radius 2 is 2.11 bits per heavy atom. The first kappa shape index (κ1) is 13.6. The maximum absolute atomic E-state index is 11.0. The molecule has 19 heavy (non-hydrogen) atoms. The zero-order valence-corrected chi connectivity index (χ0v) is 11.0. The van der Waals surface area contributed by atoms with Crippen LogP contribution in [0.2, 0.25) is 10.0 Å². The summed E-state index contributed by atoms with van der Waals surface area (Å²) in [5.41, 5.74) is 5.49. The van der Waals surface area contributed by atoms with Crippen molar-refractivity contribution in [3.63, 3.8) is 0 Å². The van der Waals surface area contributed by atoms with E-state index < -0.39 is 12.2 Å². The van der Waals surface area contributed by atoms with E-state index in [2.05, 4.69) is 15.4 Å². The first-order valence-electron chi connectivity index (χ1n) is 5.18. The minimum atomic E-state index is -0.943. The third-order valence-electron chi connectivity index (χ3n) is 2.30. The molecule has 0 bridgehead atoms. The number of rotatable bonds is 4. The topological polar surface area (TPSA) is 95.9 Å². The smallest absolute Gasteiger partial charge is 0.405 e. The minimum absolute atomic E-state index is 0.104. The SMILES string of the molecule is NC(=O)O[C@@H](Cn1ncnn1)c1c(Cl)cccc1Cl. The molecule has 0 aliphatic heterocycles. The highest BCUT2D eigenvalue weighted by Crippen LogP contribution is 2.33. The molecular formula is C10H9Cl2N5O2. The van der Waals surface area contributed by atoms with Crippen LogP contribution in [-0.2, 0) is 11.3 Å². The summed E-state index contributed by atoms with van der Waals surface area (Å²) in [6, 6.07) is 4.95. The molecule has 0 aliphatic rings. The van der Waals surface area contributed by atoms with E-state index in [4.69, 9.17) is 33.7 Å². The fraction of sp³-hybridized carbons (Fsp3) is 0.200. The number of tetrazole rings is 1. The average molecular weight is 302 g/mol. The molecule has 0 spiro atoms. The standard InChI is InChI=1S/C10H9Cl2N5O2/c11-6-2-1-3-7(12)9(6)8(19-10(13)18)4-17-15-5-14-16-17/h1-3,5,8H,4H2,(H2,13,18)/t8-/m0/s1. The second kappa shape index (κ2) is 5.85. The number of hydrogen-bond donors (Lipinski definition) is 1. The third-order valence-corrected chi connectivity index (χ3v) is 2.96. The van der Waals surface area contributed by atoms with Crippen molar-refractivity contribution in [1.29, 1.82) is 0 Å². The van der Waals surface area contributed by atoms with E-state index in [-0.39, 0.29) is 6.54 Å². The summed E-state index contributed by atoms with van der Waals surface area (Å²) in [4.78, 5) is 12.2. The number of ether oxygens (including phenoxy) is 1. The van der Waals surface area contributed by atoms with Crippen molar-refractivity contribution in [1.82, 2.24) is 20.2 Å². The molecule has 1 aromatic carbocycles. The molecular weight excluding hydrogens is 293 g/mol. The van der Waals surface area contributed by atoms with E-state index in [0.717, 1.165) is 0 Å². The van der Waals surface area contributed by atoms with Crippen LogP contribution >= 0.6 is 23.2 Å². The third kappa shape index (κ3) is 3.33. The van der Waals surface area contributed by atoms with Crippen LogP contribution in [0, 0.1) is 0 Å². The molecule has 0 saturated carbocycles. The van der Waals surface area contributed by atoms with Gasteiger partial charge in [0.15, 0.2) is 12.4 Å². The fourth-order valence-electron chi connectivity index (χ4n) is 1.57. The van der Waals surface area contributed by atoms with Crippen molar-refractivity contribution in [3.05, 3.63) is 40.1 Å². The van der Waals surface area contributed by atoms with Gasteiger partial charge in [-0.1, -0.05) is 29.3 Å². The Hall–Kier alpha value is -1.86. The van der Waals surface area contributed by atoms with Crippen molar-refractivity contribution in [3.8, 4) is 0 Å². The number of nitrogens with two attached hydrogens (primary N) is 1. The molecule has 9 heteroatoms. The lowest BCUT2D eigenvalue weighted by Gasteiger charge is -2.18. The number of nitrogens with zero attached hydrogens (tertiary/aromatic N) is 4. The number of halogens is 2. The van der Waals surface area contributed by atoms with E-state index in [0.29, 0.717) is 15.6 Å². The van der Waals surface area contributed by atoms with Gasteiger partial charge < -0.3 is 10.5 Å². The summed E-state index contributed by atoms with van der Waals surface area (Å²) in [5, 5.41) is 11.8. The van der Waals surface area contributed by atoms with Crippen LogP contribution in [0.25, 0.3) is 0 Å². The minimum Gasteiger partial charge on any atom is -0.439 e. The zero-order valence-electron chi connectivity index (χ0n) is 9.53. The van der Waals surface area contributed by atoms with Gasteiger partial charge in [-0.2, -0.15) is 4.80 Å². The maximum Gasteiger partial charge on any atom is 0.405 e. The van der Waals surface area contributed by atoms with Gasteiger partial charge in [0.1, 0.15) is 6.54 Å². The van der Waals surface area contributed by atoms with E-state index in [1.165, 1.54) is 11.1 Å². The maximum atomic E-state index is 11.0. The Morgan fingerprint density at radius 3 is 2.63 bits per heavy atom. The molecule has 7 nitrogen and oxygen atoms in total. The Balaban J connectivity index is 2.34. The molecule has 1 aromatic heterocycles. The lowest BCUT2D eigenvalue weighted by atomic mass is 10.1. The van der Waals surface area contributed by atoms with Gasteiger partial charge >= 0.3 is 6.09 Å². The second-order valence-corrected chi connectivity index (χ2v) is 4.37. The second-order valence-electron chi connectivity index (χ2n) is 3.55. The summed E-state index contributed by atoms with van der Waals surface area (Å²) in [6.07, 6.45) is -0.482. The molecule has 0 aliphatic carbocycles. The highest BCUT2D eigenvalue weighted by atomic mass is 35.5. The van der Waals surface area contributed by atoms with Crippen LogP contribution in [0.15, 0.2) is 24.5 Å². The Bertz CT molecular complexity index is 555. The fourth-order valence-corrected chi connectivity index (χ4v) is 2.21. The Kier molecular flexibility index (Phi) is 4.18. The number of carbonyl (C=O) groups is 1. The Morgan fingerprint density at radius 1 is 1.42 bits per heavy atom. The first-order valence-corrected chi connectivity index (χ1v) is 5.94. The van der Waals surface area contributed by atoms with Gasteiger partial charge in [-0.05, 0) is 17.3 Å². The molecule has 1 amide bonds. The molecule has 1 heterocycles. The van der Waals surface area contributed by atoms with Gasteiger partial charge in [0, 0.05) is 15.6 Å². The van der Waals surface area contributed by atoms with E-state index in [9.17, 15) is 4.79 Å². The summed E-state index contributed by atoms with van der Waals surface area (Å²) in [7, 11) is 0. The summed E-state index contributed by atoms with van der Waals surface area (Å²) >= 11 is 12.1. The summed E-state index contributed by atoms with van der Waals surface area (Å²) in [5.74, 6) is 0. The van der Waals surface area contributed by atoms with Crippen molar-refractivity contribution < 1.29 is 9.53 Å². The molecule has 2 aromatic rings. The summed E-state index contributed by atoms with van der Waals surface area (Å²) in [6.45, 7) is 0.104. The molecule has 0 saturated heterocycles. The molecule has 0 unspecified atom stereocenters. The molecule has 2 rings (SSSR count). The zero-order chi connectivity index (χ0) is 13.8.